The van der Waals surface area contributed by atoms with Crippen LogP contribution in [0.25, 0.3) is 0 Å². The smallest absolute Gasteiger partial charge is 0.258 e. The SMILES string of the molecule is COc1cc(CNCCc2ccccc2)ccc1OCC(=O)NC(C)(C)C.[Cl-]. The fourth-order valence-electron chi connectivity index (χ4n) is 2.65. The second-order valence-corrected chi connectivity index (χ2v) is 7.48. The van der Waals surface area contributed by atoms with Crippen LogP contribution in [0.4, 0.5) is 0 Å². The number of carbonyl (C=O) groups excluding carboxylic acids is 1. The molecule has 0 bridgehead atoms. The number of rotatable bonds is 9. The predicted octanol–water partition coefficient (Wildman–Crippen LogP) is 0.325. The molecule has 0 heterocycles. The second-order valence-electron chi connectivity index (χ2n) is 7.48. The maximum Gasteiger partial charge on any atom is 0.258 e. The first kappa shape index (κ1) is 23.8. The number of ether oxygens (including phenoxy) is 2. The van der Waals surface area contributed by atoms with Gasteiger partial charge in [0.05, 0.1) is 7.11 Å². The molecule has 5 nitrogen and oxygen atoms in total. The van der Waals surface area contributed by atoms with Gasteiger partial charge in [-0.2, -0.15) is 0 Å². The van der Waals surface area contributed by atoms with Gasteiger partial charge in [0.15, 0.2) is 18.1 Å². The van der Waals surface area contributed by atoms with Gasteiger partial charge >= 0.3 is 0 Å². The summed E-state index contributed by atoms with van der Waals surface area (Å²) in [6.45, 7) is 7.41. The fourth-order valence-corrected chi connectivity index (χ4v) is 2.65. The topological polar surface area (TPSA) is 59.6 Å². The van der Waals surface area contributed by atoms with Crippen molar-refractivity contribution >= 4 is 5.91 Å². The second kappa shape index (κ2) is 11.6. The van der Waals surface area contributed by atoms with Crippen LogP contribution in [0.1, 0.15) is 31.9 Å². The van der Waals surface area contributed by atoms with E-state index < -0.39 is 0 Å². The van der Waals surface area contributed by atoms with E-state index >= 15 is 0 Å². The Bertz CT molecular complexity index is 730. The van der Waals surface area contributed by atoms with Crippen LogP contribution >= 0.6 is 0 Å². The molecule has 2 rings (SSSR count). The maximum absolute atomic E-state index is 11.9. The third kappa shape index (κ3) is 8.63. The fraction of sp³-hybridized carbons (Fsp3) is 0.409. The number of benzene rings is 2. The van der Waals surface area contributed by atoms with Crippen molar-refractivity contribution in [2.45, 2.75) is 39.3 Å². The molecule has 0 radical (unpaired) electrons. The Morgan fingerprint density at radius 1 is 1.00 bits per heavy atom. The molecule has 154 valence electrons. The summed E-state index contributed by atoms with van der Waals surface area (Å²) in [7, 11) is 1.60. The number of carbonyl (C=O) groups is 1. The molecular formula is C22H30ClN2O3-. The highest BCUT2D eigenvalue weighted by Crippen LogP contribution is 2.28. The molecule has 28 heavy (non-hydrogen) atoms. The van der Waals surface area contributed by atoms with Crippen molar-refractivity contribution in [2.24, 2.45) is 0 Å². The van der Waals surface area contributed by atoms with E-state index in [0.29, 0.717) is 11.5 Å². The minimum absolute atomic E-state index is 0. The number of methoxy groups -OCH3 is 1. The zero-order valence-electron chi connectivity index (χ0n) is 17.0. The van der Waals surface area contributed by atoms with Crippen LogP contribution < -0.4 is 32.5 Å². The highest BCUT2D eigenvalue weighted by atomic mass is 35.5. The predicted molar refractivity (Wildman–Crippen MR) is 108 cm³/mol. The normalized spacial score (nSPS) is 10.7. The molecule has 0 saturated heterocycles. The Morgan fingerprint density at radius 3 is 2.36 bits per heavy atom. The maximum atomic E-state index is 11.9. The number of amides is 1. The van der Waals surface area contributed by atoms with Crippen molar-refractivity contribution in [3.8, 4) is 11.5 Å². The number of hydrogen-bond donors (Lipinski definition) is 2. The summed E-state index contributed by atoms with van der Waals surface area (Å²) in [5, 5.41) is 6.31. The van der Waals surface area contributed by atoms with E-state index in [1.54, 1.807) is 7.11 Å². The summed E-state index contributed by atoms with van der Waals surface area (Å²) in [6, 6.07) is 16.2. The average Bonchev–Trinajstić information content (AvgIpc) is 2.63. The van der Waals surface area contributed by atoms with E-state index in [0.717, 1.165) is 25.1 Å². The van der Waals surface area contributed by atoms with Gasteiger partial charge in [0.2, 0.25) is 0 Å². The number of hydrogen-bond acceptors (Lipinski definition) is 4. The van der Waals surface area contributed by atoms with Crippen LogP contribution in [0, 0.1) is 0 Å². The molecule has 0 fully saturated rings. The largest absolute Gasteiger partial charge is 1.00 e. The van der Waals surface area contributed by atoms with Crippen molar-refractivity contribution in [1.82, 2.24) is 10.6 Å². The van der Waals surface area contributed by atoms with E-state index in [-0.39, 0.29) is 30.5 Å². The number of nitrogens with one attached hydrogen (secondary N) is 2. The molecule has 0 spiro atoms. The van der Waals surface area contributed by atoms with Crippen LogP contribution in [-0.4, -0.2) is 31.7 Å². The first-order valence-electron chi connectivity index (χ1n) is 9.23. The lowest BCUT2D eigenvalue weighted by Crippen LogP contribution is -3.00. The van der Waals surface area contributed by atoms with Crippen LogP contribution in [0.3, 0.4) is 0 Å². The van der Waals surface area contributed by atoms with Crippen LogP contribution in [0.2, 0.25) is 0 Å². The first-order chi connectivity index (χ1) is 12.9. The van der Waals surface area contributed by atoms with Gasteiger partial charge in [0, 0.05) is 12.1 Å². The first-order valence-corrected chi connectivity index (χ1v) is 9.23. The van der Waals surface area contributed by atoms with E-state index in [1.807, 2.05) is 45.0 Å². The monoisotopic (exact) mass is 405 g/mol. The molecule has 0 aromatic heterocycles. The van der Waals surface area contributed by atoms with E-state index in [1.165, 1.54) is 5.56 Å². The molecule has 2 N–H and O–H groups in total. The van der Waals surface area contributed by atoms with Gasteiger partial charge in [0.1, 0.15) is 0 Å². The average molecular weight is 406 g/mol. The minimum atomic E-state index is -0.278. The van der Waals surface area contributed by atoms with Gasteiger partial charge in [-0.1, -0.05) is 36.4 Å². The van der Waals surface area contributed by atoms with Crippen LogP contribution in [-0.2, 0) is 17.8 Å². The Kier molecular flexibility index (Phi) is 9.83. The molecule has 6 heteroatoms. The standard InChI is InChI=1S/C22H30N2O3.ClH/c1-22(2,3)24-21(25)16-27-19-11-10-18(14-20(19)26-4)15-23-13-12-17-8-6-5-7-9-17;/h5-11,14,23H,12-13,15-16H2,1-4H3,(H,24,25);1H/p-1. The molecular weight excluding hydrogens is 376 g/mol. The molecule has 1 amide bonds. The summed E-state index contributed by atoms with van der Waals surface area (Å²) in [5.41, 5.74) is 2.14. The van der Waals surface area contributed by atoms with Gasteiger partial charge in [0.25, 0.3) is 5.91 Å². The lowest BCUT2D eigenvalue weighted by Gasteiger charge is -2.20. The van der Waals surface area contributed by atoms with Crippen molar-refractivity contribution in [1.29, 1.82) is 0 Å². The third-order valence-corrected chi connectivity index (χ3v) is 3.86. The van der Waals surface area contributed by atoms with Crippen LogP contribution in [0.15, 0.2) is 48.5 Å². The van der Waals surface area contributed by atoms with Gasteiger partial charge in [-0.25, -0.2) is 0 Å². The molecule has 0 saturated carbocycles. The summed E-state index contributed by atoms with van der Waals surface area (Å²) in [6.07, 6.45) is 0.988. The molecule has 0 unspecified atom stereocenters. The zero-order chi connectivity index (χ0) is 19.7. The van der Waals surface area contributed by atoms with Crippen molar-refractivity contribution < 1.29 is 26.7 Å². The van der Waals surface area contributed by atoms with Gasteiger partial charge in [-0.15, -0.1) is 0 Å². The van der Waals surface area contributed by atoms with Crippen molar-refractivity contribution in [3.63, 3.8) is 0 Å². The van der Waals surface area contributed by atoms with Crippen molar-refractivity contribution in [2.75, 3.05) is 20.3 Å². The Balaban J connectivity index is 0.00000392. The quantitative estimate of drug-likeness (QED) is 0.590. The Labute approximate surface area is 174 Å². The zero-order valence-corrected chi connectivity index (χ0v) is 17.8. The van der Waals surface area contributed by atoms with E-state index in [4.69, 9.17) is 9.47 Å². The lowest BCUT2D eigenvalue weighted by atomic mass is 10.1. The Hall–Kier alpha value is -2.24. The number of halogens is 1. The van der Waals surface area contributed by atoms with Crippen LogP contribution in [0.5, 0.6) is 11.5 Å². The van der Waals surface area contributed by atoms with E-state index in [9.17, 15) is 4.79 Å². The van der Waals surface area contributed by atoms with Gasteiger partial charge < -0.3 is 32.5 Å². The lowest BCUT2D eigenvalue weighted by molar-refractivity contribution is -0.124. The molecule has 0 aliphatic heterocycles. The summed E-state index contributed by atoms with van der Waals surface area (Å²) in [5.74, 6) is 1.03. The van der Waals surface area contributed by atoms with Gasteiger partial charge in [-0.3, -0.25) is 4.79 Å². The summed E-state index contributed by atoms with van der Waals surface area (Å²) < 4.78 is 11.0. The highest BCUT2D eigenvalue weighted by Gasteiger charge is 2.15. The van der Waals surface area contributed by atoms with Gasteiger partial charge in [-0.05, 0) is 57.0 Å². The highest BCUT2D eigenvalue weighted by molar-refractivity contribution is 5.78. The molecule has 2 aromatic carbocycles. The third-order valence-electron chi connectivity index (χ3n) is 3.86. The summed E-state index contributed by atoms with van der Waals surface area (Å²) in [4.78, 5) is 11.9. The molecule has 0 aliphatic rings. The minimum Gasteiger partial charge on any atom is -1.00 e. The van der Waals surface area contributed by atoms with E-state index in [2.05, 4.69) is 34.9 Å². The molecule has 2 aromatic rings. The molecule has 0 atom stereocenters. The van der Waals surface area contributed by atoms with Crippen molar-refractivity contribution in [3.05, 3.63) is 59.7 Å². The summed E-state index contributed by atoms with van der Waals surface area (Å²) >= 11 is 0. The Morgan fingerprint density at radius 2 is 1.71 bits per heavy atom. The molecule has 0 aliphatic carbocycles.